The van der Waals surface area contributed by atoms with Crippen LogP contribution in [0.2, 0.25) is 0 Å². The van der Waals surface area contributed by atoms with Gasteiger partial charge in [-0.1, -0.05) is 55.3 Å². The van der Waals surface area contributed by atoms with E-state index in [-0.39, 0.29) is 6.04 Å². The average Bonchev–Trinajstić information content (AvgIpc) is 3.01. The van der Waals surface area contributed by atoms with Gasteiger partial charge in [0.15, 0.2) is 0 Å². The molecule has 2 fully saturated rings. The molecule has 136 valence electrons. The van der Waals surface area contributed by atoms with Gasteiger partial charge >= 0.3 is 5.97 Å². The maximum atomic E-state index is 11.8. The van der Waals surface area contributed by atoms with E-state index in [1.807, 2.05) is 0 Å². The standard InChI is InChI=1S/C23H27NO2/c1-16-7-2-4-11-20(16)18-10-6-8-17(13-18)15-24-21-12-5-3-9-19(21)14-22(24)23(25)26/h2,4,6-8,10-11,13,19,21-22H,3,5,9,12,14-15H2,1H3,(H,25,26). The lowest BCUT2D eigenvalue weighted by molar-refractivity contribution is -0.142. The van der Waals surface area contributed by atoms with Crippen LogP contribution >= 0.6 is 0 Å². The van der Waals surface area contributed by atoms with E-state index in [1.165, 1.54) is 41.5 Å². The Kier molecular flexibility index (Phi) is 4.82. The lowest BCUT2D eigenvalue weighted by atomic mass is 9.84. The number of hydrogen-bond donors (Lipinski definition) is 1. The van der Waals surface area contributed by atoms with Gasteiger partial charge in [0.1, 0.15) is 6.04 Å². The lowest BCUT2D eigenvalue weighted by Crippen LogP contribution is -2.41. The molecule has 4 rings (SSSR count). The summed E-state index contributed by atoms with van der Waals surface area (Å²) in [5, 5.41) is 9.74. The molecule has 2 aliphatic rings. The van der Waals surface area contributed by atoms with Crippen LogP contribution in [0.5, 0.6) is 0 Å². The average molecular weight is 349 g/mol. The summed E-state index contributed by atoms with van der Waals surface area (Å²) < 4.78 is 0. The van der Waals surface area contributed by atoms with Crippen LogP contribution in [-0.2, 0) is 11.3 Å². The Labute approximate surface area is 155 Å². The van der Waals surface area contributed by atoms with E-state index in [9.17, 15) is 9.90 Å². The van der Waals surface area contributed by atoms with Gasteiger partial charge in [0.2, 0.25) is 0 Å². The molecular weight excluding hydrogens is 322 g/mol. The fraction of sp³-hybridized carbons (Fsp3) is 0.435. The number of aryl methyl sites for hydroxylation is 1. The number of benzene rings is 2. The molecule has 1 aliphatic carbocycles. The summed E-state index contributed by atoms with van der Waals surface area (Å²) in [7, 11) is 0. The van der Waals surface area contributed by atoms with Gasteiger partial charge in [0.05, 0.1) is 0 Å². The molecule has 3 atom stereocenters. The molecular formula is C23H27NO2. The Morgan fingerprint density at radius 3 is 2.73 bits per heavy atom. The maximum Gasteiger partial charge on any atom is 0.320 e. The van der Waals surface area contributed by atoms with E-state index in [0.717, 1.165) is 19.4 Å². The summed E-state index contributed by atoms with van der Waals surface area (Å²) in [6, 6.07) is 17.1. The Morgan fingerprint density at radius 2 is 1.92 bits per heavy atom. The van der Waals surface area contributed by atoms with Crippen LogP contribution in [-0.4, -0.2) is 28.1 Å². The fourth-order valence-electron chi connectivity index (χ4n) is 4.97. The molecule has 2 aromatic carbocycles. The van der Waals surface area contributed by atoms with Gasteiger partial charge in [-0.3, -0.25) is 9.69 Å². The molecule has 1 saturated carbocycles. The van der Waals surface area contributed by atoms with Crippen molar-refractivity contribution in [2.24, 2.45) is 5.92 Å². The summed E-state index contributed by atoms with van der Waals surface area (Å²) in [6.07, 6.45) is 5.63. The van der Waals surface area contributed by atoms with Crippen molar-refractivity contribution in [1.29, 1.82) is 0 Å². The van der Waals surface area contributed by atoms with Gasteiger partial charge in [-0.2, -0.15) is 0 Å². The zero-order valence-corrected chi connectivity index (χ0v) is 15.4. The van der Waals surface area contributed by atoms with Crippen molar-refractivity contribution in [2.75, 3.05) is 0 Å². The molecule has 26 heavy (non-hydrogen) atoms. The largest absolute Gasteiger partial charge is 0.480 e. The second kappa shape index (κ2) is 7.24. The number of likely N-dealkylation sites (tertiary alicyclic amines) is 1. The first-order chi connectivity index (χ1) is 12.6. The van der Waals surface area contributed by atoms with Gasteiger partial charge in [0, 0.05) is 12.6 Å². The molecule has 3 heteroatoms. The number of rotatable bonds is 4. The van der Waals surface area contributed by atoms with Crippen molar-refractivity contribution >= 4 is 5.97 Å². The third-order valence-corrected chi connectivity index (χ3v) is 6.25. The van der Waals surface area contributed by atoms with E-state index >= 15 is 0 Å². The number of fused-ring (bicyclic) bond motifs is 1. The van der Waals surface area contributed by atoms with Crippen LogP contribution in [0.4, 0.5) is 0 Å². The van der Waals surface area contributed by atoms with Crippen LogP contribution in [0.3, 0.4) is 0 Å². The van der Waals surface area contributed by atoms with Crippen LogP contribution in [0.15, 0.2) is 48.5 Å². The minimum absolute atomic E-state index is 0.329. The quantitative estimate of drug-likeness (QED) is 0.855. The van der Waals surface area contributed by atoms with Crippen LogP contribution in [0, 0.1) is 12.8 Å². The first kappa shape index (κ1) is 17.3. The number of nitrogens with zero attached hydrogens (tertiary/aromatic N) is 1. The van der Waals surface area contributed by atoms with Gasteiger partial charge in [-0.15, -0.1) is 0 Å². The molecule has 1 aliphatic heterocycles. The minimum atomic E-state index is -0.658. The Morgan fingerprint density at radius 1 is 1.12 bits per heavy atom. The number of carboxylic acids is 1. The molecule has 3 nitrogen and oxygen atoms in total. The zero-order chi connectivity index (χ0) is 18.1. The minimum Gasteiger partial charge on any atom is -0.480 e. The summed E-state index contributed by atoms with van der Waals surface area (Å²) >= 11 is 0. The normalized spacial score (nSPS) is 25.8. The summed E-state index contributed by atoms with van der Waals surface area (Å²) in [6.45, 7) is 2.87. The van der Waals surface area contributed by atoms with E-state index in [0.29, 0.717) is 12.0 Å². The highest BCUT2D eigenvalue weighted by Gasteiger charge is 2.44. The van der Waals surface area contributed by atoms with Crippen molar-refractivity contribution in [3.63, 3.8) is 0 Å². The van der Waals surface area contributed by atoms with Crippen molar-refractivity contribution in [3.8, 4) is 11.1 Å². The molecule has 0 amide bonds. The van der Waals surface area contributed by atoms with Gasteiger partial charge < -0.3 is 5.11 Å². The number of aliphatic carboxylic acids is 1. The monoisotopic (exact) mass is 349 g/mol. The predicted molar refractivity (Wildman–Crippen MR) is 104 cm³/mol. The summed E-state index contributed by atoms with van der Waals surface area (Å²) in [5.41, 5.74) is 4.94. The SMILES string of the molecule is Cc1ccccc1-c1cccc(CN2C(C(=O)O)CC3CCCCC32)c1. The molecule has 0 radical (unpaired) electrons. The van der Waals surface area contributed by atoms with Crippen molar-refractivity contribution in [3.05, 3.63) is 59.7 Å². The molecule has 1 heterocycles. The van der Waals surface area contributed by atoms with Gasteiger partial charge in [0.25, 0.3) is 0 Å². The zero-order valence-electron chi connectivity index (χ0n) is 15.4. The first-order valence-electron chi connectivity index (χ1n) is 9.77. The predicted octanol–water partition coefficient (Wildman–Crippen LogP) is 4.88. The molecule has 2 aromatic rings. The van der Waals surface area contributed by atoms with Gasteiger partial charge in [-0.05, 0) is 60.4 Å². The van der Waals surface area contributed by atoms with Crippen molar-refractivity contribution in [1.82, 2.24) is 4.90 Å². The molecule has 3 unspecified atom stereocenters. The van der Waals surface area contributed by atoms with Crippen molar-refractivity contribution < 1.29 is 9.90 Å². The number of carboxylic acid groups (broad SMARTS) is 1. The van der Waals surface area contributed by atoms with Crippen molar-refractivity contribution in [2.45, 2.75) is 57.7 Å². The van der Waals surface area contributed by atoms with Crippen LogP contribution in [0.25, 0.3) is 11.1 Å². The van der Waals surface area contributed by atoms with E-state index in [2.05, 4.69) is 60.4 Å². The number of hydrogen-bond acceptors (Lipinski definition) is 2. The Bertz CT molecular complexity index is 800. The van der Waals surface area contributed by atoms with Gasteiger partial charge in [-0.25, -0.2) is 0 Å². The molecule has 0 aromatic heterocycles. The van der Waals surface area contributed by atoms with Crippen LogP contribution < -0.4 is 0 Å². The topological polar surface area (TPSA) is 40.5 Å². The highest BCUT2D eigenvalue weighted by molar-refractivity contribution is 5.74. The highest BCUT2D eigenvalue weighted by atomic mass is 16.4. The second-order valence-corrected chi connectivity index (χ2v) is 7.89. The van der Waals surface area contributed by atoms with E-state index < -0.39 is 5.97 Å². The molecule has 1 saturated heterocycles. The van der Waals surface area contributed by atoms with E-state index in [4.69, 9.17) is 0 Å². The summed E-state index contributed by atoms with van der Waals surface area (Å²) in [4.78, 5) is 14.1. The molecule has 0 bridgehead atoms. The maximum absolute atomic E-state index is 11.8. The molecule has 1 N–H and O–H groups in total. The summed E-state index contributed by atoms with van der Waals surface area (Å²) in [5.74, 6) is -0.0983. The van der Waals surface area contributed by atoms with Crippen LogP contribution in [0.1, 0.15) is 43.2 Å². The number of carbonyl (C=O) groups is 1. The van der Waals surface area contributed by atoms with E-state index in [1.54, 1.807) is 0 Å². The second-order valence-electron chi connectivity index (χ2n) is 7.89. The fourth-order valence-corrected chi connectivity index (χ4v) is 4.97. The Hall–Kier alpha value is -2.13. The third-order valence-electron chi connectivity index (χ3n) is 6.25. The third kappa shape index (κ3) is 3.28. The molecule has 0 spiro atoms. The highest BCUT2D eigenvalue weighted by Crippen LogP contribution is 2.40. The first-order valence-corrected chi connectivity index (χ1v) is 9.77. The Balaban J connectivity index is 1.61. The smallest absolute Gasteiger partial charge is 0.320 e. The lowest BCUT2D eigenvalue weighted by Gasteiger charge is -2.33.